The van der Waals surface area contributed by atoms with E-state index in [0.717, 1.165) is 5.56 Å². The first-order valence-corrected chi connectivity index (χ1v) is 6.38. The van der Waals surface area contributed by atoms with Gasteiger partial charge >= 0.3 is 0 Å². The normalized spacial score (nSPS) is 10.4. The van der Waals surface area contributed by atoms with Crippen molar-refractivity contribution in [2.45, 2.75) is 20.5 Å². The number of halogens is 1. The molecule has 2 aromatic rings. The Labute approximate surface area is 121 Å². The van der Waals surface area contributed by atoms with Gasteiger partial charge in [0.2, 0.25) is 0 Å². The molecule has 3 N–H and O–H groups in total. The van der Waals surface area contributed by atoms with E-state index in [4.69, 9.17) is 26.6 Å². The number of hydrazine groups is 1. The maximum Gasteiger partial charge on any atom is 0.268 e. The predicted molar refractivity (Wildman–Crippen MR) is 75.6 cm³/mol. The fourth-order valence-electron chi connectivity index (χ4n) is 1.79. The Morgan fingerprint density at radius 1 is 1.40 bits per heavy atom. The van der Waals surface area contributed by atoms with Crippen LogP contribution in [-0.4, -0.2) is 5.91 Å². The number of amides is 1. The van der Waals surface area contributed by atoms with Gasteiger partial charge in [-0.05, 0) is 37.6 Å². The molecule has 0 unspecified atom stereocenters. The Morgan fingerprint density at radius 2 is 2.15 bits per heavy atom. The number of hydrogen-bond acceptors (Lipinski definition) is 4. The number of hydrogen-bond donors (Lipinski definition) is 2. The summed E-state index contributed by atoms with van der Waals surface area (Å²) in [6.45, 7) is 3.82. The molecule has 1 amide bonds. The lowest BCUT2D eigenvalue weighted by atomic mass is 10.2. The van der Waals surface area contributed by atoms with E-state index in [1.807, 2.05) is 19.1 Å². The first-order chi connectivity index (χ1) is 9.51. The van der Waals surface area contributed by atoms with E-state index in [1.165, 1.54) is 0 Å². The molecule has 2 rings (SSSR count). The number of rotatable bonds is 4. The summed E-state index contributed by atoms with van der Waals surface area (Å²) in [6.07, 6.45) is 0. The summed E-state index contributed by atoms with van der Waals surface area (Å²) in [5, 5.41) is 0.527. The monoisotopic (exact) mass is 294 g/mol. The van der Waals surface area contributed by atoms with Gasteiger partial charge in [0.05, 0.1) is 10.6 Å². The third-order valence-corrected chi connectivity index (χ3v) is 3.11. The number of aryl methyl sites for hydroxylation is 2. The molecule has 1 aromatic carbocycles. The van der Waals surface area contributed by atoms with E-state index in [-0.39, 0.29) is 6.61 Å². The van der Waals surface area contributed by atoms with Crippen molar-refractivity contribution in [1.82, 2.24) is 5.43 Å². The van der Waals surface area contributed by atoms with Crippen LogP contribution in [0.25, 0.3) is 0 Å². The Kier molecular flexibility index (Phi) is 4.32. The molecule has 0 fully saturated rings. The van der Waals surface area contributed by atoms with Crippen LogP contribution < -0.4 is 16.0 Å². The third kappa shape index (κ3) is 3.12. The van der Waals surface area contributed by atoms with Crippen molar-refractivity contribution in [1.29, 1.82) is 0 Å². The minimum atomic E-state index is -0.397. The number of carbonyl (C=O) groups is 1. The molecule has 0 radical (unpaired) electrons. The zero-order valence-electron chi connectivity index (χ0n) is 11.2. The van der Waals surface area contributed by atoms with Crippen LogP contribution in [0.4, 0.5) is 0 Å². The maximum atomic E-state index is 11.5. The topological polar surface area (TPSA) is 77.5 Å². The molecular formula is C14H15ClN2O3. The predicted octanol–water partition coefficient (Wildman–Crippen LogP) is 2.73. The van der Waals surface area contributed by atoms with Crippen molar-refractivity contribution in [2.24, 2.45) is 5.84 Å². The highest BCUT2D eigenvalue weighted by molar-refractivity contribution is 6.32. The first-order valence-electron chi connectivity index (χ1n) is 6.00. The molecule has 0 aliphatic rings. The zero-order chi connectivity index (χ0) is 14.7. The van der Waals surface area contributed by atoms with Gasteiger partial charge in [-0.15, -0.1) is 0 Å². The summed E-state index contributed by atoms with van der Waals surface area (Å²) in [5.41, 5.74) is 3.50. The van der Waals surface area contributed by atoms with Crippen LogP contribution in [0.2, 0.25) is 5.02 Å². The van der Waals surface area contributed by atoms with Crippen molar-refractivity contribution < 1.29 is 13.9 Å². The van der Waals surface area contributed by atoms with Gasteiger partial charge in [-0.2, -0.15) is 0 Å². The van der Waals surface area contributed by atoms with Crippen LogP contribution in [0.15, 0.2) is 28.7 Å². The highest BCUT2D eigenvalue weighted by Crippen LogP contribution is 2.26. The van der Waals surface area contributed by atoms with Crippen molar-refractivity contribution in [3.05, 3.63) is 51.9 Å². The van der Waals surface area contributed by atoms with Crippen LogP contribution in [0, 0.1) is 13.8 Å². The Morgan fingerprint density at radius 3 is 2.85 bits per heavy atom. The highest BCUT2D eigenvalue weighted by Gasteiger charge is 2.14. The van der Waals surface area contributed by atoms with Gasteiger partial charge < -0.3 is 9.15 Å². The summed E-state index contributed by atoms with van der Waals surface area (Å²) >= 11 is 6.04. The summed E-state index contributed by atoms with van der Waals surface area (Å²) < 4.78 is 11.0. The molecule has 0 saturated heterocycles. The average Bonchev–Trinajstić information content (AvgIpc) is 2.80. The third-order valence-electron chi connectivity index (χ3n) is 2.80. The second kappa shape index (κ2) is 5.98. The molecule has 0 saturated carbocycles. The highest BCUT2D eigenvalue weighted by atomic mass is 35.5. The Balaban J connectivity index is 2.11. The lowest BCUT2D eigenvalue weighted by Gasteiger charge is -2.07. The number of furan rings is 1. The van der Waals surface area contributed by atoms with Gasteiger partial charge in [-0.25, -0.2) is 5.84 Å². The number of nitrogens with two attached hydrogens (primary N) is 1. The Bertz CT molecular complexity index is 637. The SMILES string of the molecule is Cc1ccc(Cl)c(OCc2cc(C(=O)NN)c(C)o2)c1. The van der Waals surface area contributed by atoms with Crippen molar-refractivity contribution in [3.8, 4) is 5.75 Å². The van der Waals surface area contributed by atoms with Crippen LogP contribution in [0.3, 0.4) is 0 Å². The smallest absolute Gasteiger partial charge is 0.268 e. The number of benzene rings is 1. The maximum absolute atomic E-state index is 11.5. The first kappa shape index (κ1) is 14.4. The van der Waals surface area contributed by atoms with E-state index < -0.39 is 5.91 Å². The summed E-state index contributed by atoms with van der Waals surface area (Å²) in [5.74, 6) is 6.29. The second-order valence-corrected chi connectivity index (χ2v) is 4.79. The number of nitrogens with one attached hydrogen (secondary N) is 1. The number of ether oxygens (including phenoxy) is 1. The van der Waals surface area contributed by atoms with E-state index in [1.54, 1.807) is 19.1 Å². The van der Waals surface area contributed by atoms with Gasteiger partial charge in [0.25, 0.3) is 5.91 Å². The molecule has 0 spiro atoms. The van der Waals surface area contributed by atoms with Crippen LogP contribution >= 0.6 is 11.6 Å². The minimum Gasteiger partial charge on any atom is -0.484 e. The van der Waals surface area contributed by atoms with Crippen LogP contribution in [0.5, 0.6) is 5.75 Å². The standard InChI is InChI=1S/C14H15ClN2O3/c1-8-3-4-12(15)13(5-8)19-7-10-6-11(9(2)20-10)14(18)17-16/h3-6H,7,16H2,1-2H3,(H,17,18). The quantitative estimate of drug-likeness (QED) is 0.516. The molecule has 0 bridgehead atoms. The molecule has 1 aromatic heterocycles. The molecule has 0 atom stereocenters. The molecule has 1 heterocycles. The minimum absolute atomic E-state index is 0.182. The van der Waals surface area contributed by atoms with E-state index >= 15 is 0 Å². The van der Waals surface area contributed by atoms with Gasteiger partial charge in [0.1, 0.15) is 23.9 Å². The molecule has 0 aliphatic carbocycles. The van der Waals surface area contributed by atoms with Crippen molar-refractivity contribution >= 4 is 17.5 Å². The van der Waals surface area contributed by atoms with Gasteiger partial charge in [-0.1, -0.05) is 17.7 Å². The largest absolute Gasteiger partial charge is 0.484 e. The molecule has 0 aliphatic heterocycles. The van der Waals surface area contributed by atoms with Crippen LogP contribution in [-0.2, 0) is 6.61 Å². The molecule has 5 nitrogen and oxygen atoms in total. The average molecular weight is 295 g/mol. The number of carbonyl (C=O) groups excluding carboxylic acids is 1. The van der Waals surface area contributed by atoms with Gasteiger partial charge in [0.15, 0.2) is 0 Å². The molecule has 20 heavy (non-hydrogen) atoms. The fraction of sp³-hybridized carbons (Fsp3) is 0.214. The number of nitrogen functional groups attached to an aromatic ring is 1. The Hall–Kier alpha value is -1.98. The van der Waals surface area contributed by atoms with Crippen LogP contribution in [0.1, 0.15) is 27.4 Å². The molecule has 106 valence electrons. The fourth-order valence-corrected chi connectivity index (χ4v) is 1.96. The molecular weight excluding hydrogens is 280 g/mol. The zero-order valence-corrected chi connectivity index (χ0v) is 12.0. The summed E-state index contributed by atoms with van der Waals surface area (Å²) in [4.78, 5) is 11.5. The lowest BCUT2D eigenvalue weighted by molar-refractivity contribution is 0.0952. The van der Waals surface area contributed by atoms with Gasteiger partial charge in [-0.3, -0.25) is 10.2 Å². The van der Waals surface area contributed by atoms with E-state index in [0.29, 0.717) is 27.9 Å². The van der Waals surface area contributed by atoms with E-state index in [2.05, 4.69) is 5.43 Å². The summed E-state index contributed by atoms with van der Waals surface area (Å²) in [7, 11) is 0. The lowest BCUT2D eigenvalue weighted by Crippen LogP contribution is -2.30. The van der Waals surface area contributed by atoms with Gasteiger partial charge in [0, 0.05) is 0 Å². The summed E-state index contributed by atoms with van der Waals surface area (Å²) in [6, 6.07) is 7.11. The van der Waals surface area contributed by atoms with Crippen molar-refractivity contribution in [2.75, 3.05) is 0 Å². The second-order valence-electron chi connectivity index (χ2n) is 4.38. The molecule has 6 heteroatoms. The van der Waals surface area contributed by atoms with Crippen molar-refractivity contribution in [3.63, 3.8) is 0 Å². The van der Waals surface area contributed by atoms with E-state index in [9.17, 15) is 4.79 Å².